The molecule has 2 aromatic rings. The van der Waals surface area contributed by atoms with Crippen molar-refractivity contribution < 1.29 is 22.6 Å². The Labute approximate surface area is 137 Å². The van der Waals surface area contributed by atoms with Crippen LogP contribution in [0.5, 0.6) is 5.75 Å². The zero-order chi connectivity index (χ0) is 17.9. The highest BCUT2D eigenvalue weighted by atomic mass is 32.2. The molecule has 10 heteroatoms. The minimum atomic E-state index is -4.71. The quantitative estimate of drug-likeness (QED) is 0.380. The van der Waals surface area contributed by atoms with E-state index in [1.54, 1.807) is 13.0 Å². The van der Waals surface area contributed by atoms with Crippen LogP contribution in [0.3, 0.4) is 0 Å². The summed E-state index contributed by atoms with van der Waals surface area (Å²) in [5.41, 5.74) is 0.378. The van der Waals surface area contributed by atoms with Gasteiger partial charge in [0.2, 0.25) is 0 Å². The van der Waals surface area contributed by atoms with Crippen molar-refractivity contribution in [2.45, 2.75) is 11.8 Å². The smallest absolute Gasteiger partial charge is 0.297 e. The van der Waals surface area contributed by atoms with Gasteiger partial charge < -0.3 is 4.74 Å². The van der Waals surface area contributed by atoms with Crippen LogP contribution in [0, 0.1) is 23.1 Å². The van der Waals surface area contributed by atoms with Crippen LogP contribution >= 0.6 is 0 Å². The Morgan fingerprint density at radius 3 is 2.50 bits per heavy atom. The summed E-state index contributed by atoms with van der Waals surface area (Å²) in [6.45, 7) is 1.74. The van der Waals surface area contributed by atoms with E-state index in [-0.39, 0.29) is 5.69 Å². The van der Waals surface area contributed by atoms with E-state index in [0.717, 1.165) is 18.2 Å². The lowest BCUT2D eigenvalue weighted by molar-refractivity contribution is -0.385. The zero-order valence-corrected chi connectivity index (χ0v) is 13.4. The number of nitrogens with zero attached hydrogens (tertiary/aromatic N) is 3. The fraction of sp³-hybridized carbons (Fsp3) is 0.143. The molecule has 1 N–H and O–H groups in total. The maximum atomic E-state index is 11.4. The molecular formula is C14H12N3O6S. The zero-order valence-electron chi connectivity index (χ0n) is 12.6. The molecule has 0 aliphatic rings. The first-order valence-electron chi connectivity index (χ1n) is 6.46. The van der Waals surface area contributed by atoms with Crippen molar-refractivity contribution in [1.29, 1.82) is 0 Å². The number of aryl methyl sites for hydroxylation is 1. The predicted molar refractivity (Wildman–Crippen MR) is 83.7 cm³/mol. The normalized spacial score (nSPS) is 11.6. The summed E-state index contributed by atoms with van der Waals surface area (Å²) in [7, 11) is -3.25. The molecule has 2 aromatic carbocycles. The topological polar surface area (TPSA) is 131 Å². The van der Waals surface area contributed by atoms with Crippen LogP contribution in [0.15, 0.2) is 45.5 Å². The number of ether oxygens (including phenoxy) is 1. The van der Waals surface area contributed by atoms with E-state index in [9.17, 15) is 23.1 Å². The minimum absolute atomic E-state index is 0.228. The number of hydrogen-bond acceptors (Lipinski definition) is 7. The van der Waals surface area contributed by atoms with Gasteiger partial charge in [-0.2, -0.15) is 13.5 Å². The summed E-state index contributed by atoms with van der Waals surface area (Å²) in [4.78, 5) is 9.26. The second-order valence-corrected chi connectivity index (χ2v) is 6.04. The van der Waals surface area contributed by atoms with Crippen molar-refractivity contribution in [2.75, 3.05) is 7.11 Å². The first kappa shape index (κ1) is 17.5. The Bertz CT molecular complexity index is 924. The molecule has 125 valence electrons. The van der Waals surface area contributed by atoms with Crippen LogP contribution in [0.1, 0.15) is 5.56 Å². The van der Waals surface area contributed by atoms with E-state index in [1.807, 2.05) is 0 Å². The third-order valence-electron chi connectivity index (χ3n) is 3.02. The van der Waals surface area contributed by atoms with Crippen LogP contribution < -0.4 is 4.74 Å². The van der Waals surface area contributed by atoms with Gasteiger partial charge in [-0.15, -0.1) is 5.11 Å². The summed E-state index contributed by atoms with van der Waals surface area (Å²) >= 11 is 0. The Kier molecular flexibility index (Phi) is 4.90. The Balaban J connectivity index is 2.51. The largest absolute Gasteiger partial charge is 0.496 e. The second kappa shape index (κ2) is 6.72. The third kappa shape index (κ3) is 3.91. The molecule has 9 nitrogen and oxygen atoms in total. The van der Waals surface area contributed by atoms with Crippen molar-refractivity contribution in [1.82, 2.24) is 0 Å². The van der Waals surface area contributed by atoms with Crippen LogP contribution in [0.4, 0.5) is 17.1 Å². The molecule has 0 spiro atoms. The summed E-state index contributed by atoms with van der Waals surface area (Å²) in [5, 5.41) is 18.4. The highest BCUT2D eigenvalue weighted by molar-refractivity contribution is 7.86. The molecule has 2 rings (SSSR count). The molecule has 0 aromatic heterocycles. The van der Waals surface area contributed by atoms with Gasteiger partial charge in [-0.25, -0.2) is 0 Å². The van der Waals surface area contributed by atoms with E-state index in [2.05, 4.69) is 16.3 Å². The van der Waals surface area contributed by atoms with Crippen LogP contribution in [-0.2, 0) is 10.1 Å². The Morgan fingerprint density at radius 1 is 1.25 bits per heavy atom. The van der Waals surface area contributed by atoms with E-state index in [1.165, 1.54) is 13.2 Å². The average Bonchev–Trinajstić information content (AvgIpc) is 2.53. The summed E-state index contributed by atoms with van der Waals surface area (Å²) in [6, 6.07) is 8.88. The standard InChI is InChI=1S/C14H12N3O6S/c1-9-3-5-11(23-2)8-13(9)16-15-12-6-4-10(17(18)19)7-14(12)24(20,21)22/h3-4,6-8H,1-2H3,(H,20,21,22). The van der Waals surface area contributed by atoms with Gasteiger partial charge in [-0.3, -0.25) is 14.7 Å². The molecule has 0 heterocycles. The van der Waals surface area contributed by atoms with Crippen LogP contribution in [0.2, 0.25) is 0 Å². The lowest BCUT2D eigenvalue weighted by atomic mass is 10.2. The second-order valence-electron chi connectivity index (χ2n) is 4.65. The summed E-state index contributed by atoms with van der Waals surface area (Å²) in [5.74, 6) is 0.410. The number of nitro benzene ring substituents is 1. The number of methoxy groups -OCH3 is 1. The molecular weight excluding hydrogens is 338 g/mol. The molecule has 0 unspecified atom stereocenters. The van der Waals surface area contributed by atoms with Crippen molar-refractivity contribution in [3.05, 3.63) is 52.1 Å². The molecule has 1 radical (unpaired) electrons. The van der Waals surface area contributed by atoms with Crippen LogP contribution in [-0.4, -0.2) is 25.0 Å². The number of non-ortho nitro benzene ring substituents is 1. The molecule has 0 atom stereocenters. The fourth-order valence-electron chi connectivity index (χ4n) is 1.77. The van der Waals surface area contributed by atoms with Crippen molar-refractivity contribution >= 4 is 27.2 Å². The molecule has 0 aliphatic heterocycles. The van der Waals surface area contributed by atoms with Gasteiger partial charge in [0.25, 0.3) is 15.8 Å². The van der Waals surface area contributed by atoms with Crippen LogP contribution in [0.25, 0.3) is 0 Å². The van der Waals surface area contributed by atoms with Gasteiger partial charge in [-0.1, -0.05) is 0 Å². The highest BCUT2D eigenvalue weighted by Gasteiger charge is 2.20. The first-order valence-corrected chi connectivity index (χ1v) is 7.90. The maximum Gasteiger partial charge on any atom is 0.297 e. The molecule has 0 saturated heterocycles. The van der Waals surface area contributed by atoms with Gasteiger partial charge in [0.15, 0.2) is 0 Å². The lowest BCUT2D eigenvalue weighted by Gasteiger charge is -2.04. The number of azo groups is 1. The Morgan fingerprint density at radius 2 is 1.92 bits per heavy atom. The number of benzene rings is 2. The fourth-order valence-corrected chi connectivity index (χ4v) is 2.41. The van der Waals surface area contributed by atoms with Crippen molar-refractivity contribution in [3.63, 3.8) is 0 Å². The van der Waals surface area contributed by atoms with Gasteiger partial charge in [0, 0.05) is 24.3 Å². The molecule has 0 amide bonds. The van der Waals surface area contributed by atoms with Crippen molar-refractivity contribution in [3.8, 4) is 5.75 Å². The molecule has 0 bridgehead atoms. The Hall–Kier alpha value is -2.85. The molecule has 0 saturated carbocycles. The molecule has 0 fully saturated rings. The summed E-state index contributed by atoms with van der Waals surface area (Å²) in [6.07, 6.45) is 0. The van der Waals surface area contributed by atoms with E-state index in [0.29, 0.717) is 17.0 Å². The minimum Gasteiger partial charge on any atom is -0.496 e. The van der Waals surface area contributed by atoms with Gasteiger partial charge in [0.1, 0.15) is 16.3 Å². The molecule has 24 heavy (non-hydrogen) atoms. The number of nitro groups is 1. The average molecular weight is 350 g/mol. The third-order valence-corrected chi connectivity index (χ3v) is 3.90. The molecule has 0 aliphatic carbocycles. The summed E-state index contributed by atoms with van der Waals surface area (Å²) < 4.78 is 37.1. The van der Waals surface area contributed by atoms with Crippen molar-refractivity contribution in [2.24, 2.45) is 10.2 Å². The first-order chi connectivity index (χ1) is 11.2. The van der Waals surface area contributed by atoms with Gasteiger partial charge in [0.05, 0.1) is 17.7 Å². The number of rotatable bonds is 5. The highest BCUT2D eigenvalue weighted by Crippen LogP contribution is 2.31. The monoisotopic (exact) mass is 350 g/mol. The van der Waals surface area contributed by atoms with Gasteiger partial charge >= 0.3 is 0 Å². The predicted octanol–water partition coefficient (Wildman–Crippen LogP) is 3.37. The van der Waals surface area contributed by atoms with E-state index in [4.69, 9.17) is 4.74 Å². The lowest BCUT2D eigenvalue weighted by Crippen LogP contribution is -2.00. The van der Waals surface area contributed by atoms with E-state index >= 15 is 0 Å². The SMILES string of the molecule is COc1[c]cc(C)c(N=Nc2ccc([N+](=O)[O-])cc2S(=O)(=O)O)c1. The van der Waals surface area contributed by atoms with E-state index < -0.39 is 25.6 Å². The van der Waals surface area contributed by atoms with Gasteiger partial charge in [-0.05, 0) is 24.6 Å². The maximum absolute atomic E-state index is 11.4. The number of hydrogen-bond donors (Lipinski definition) is 1.